The van der Waals surface area contributed by atoms with E-state index in [1.54, 1.807) is 41.3 Å². The molecule has 0 saturated heterocycles. The molecule has 1 atom stereocenters. The molecular formula is C20H16ClF3N2O3. The summed E-state index contributed by atoms with van der Waals surface area (Å²) in [5, 5.41) is 9.71. The van der Waals surface area contributed by atoms with Crippen LogP contribution < -0.4 is 9.64 Å². The highest BCUT2D eigenvalue weighted by Gasteiger charge is 2.29. The van der Waals surface area contributed by atoms with E-state index >= 15 is 0 Å². The largest absolute Gasteiger partial charge is 0.478 e. The van der Waals surface area contributed by atoms with Gasteiger partial charge in [-0.15, -0.1) is 0 Å². The molecule has 152 valence electrons. The summed E-state index contributed by atoms with van der Waals surface area (Å²) >= 11 is 5.90. The van der Waals surface area contributed by atoms with Gasteiger partial charge in [0.05, 0.1) is 17.5 Å². The van der Waals surface area contributed by atoms with Gasteiger partial charge in [-0.05, 0) is 36.8 Å². The molecule has 0 saturated carbocycles. The molecule has 1 N–H and O–H groups in total. The van der Waals surface area contributed by atoms with Gasteiger partial charge in [0.15, 0.2) is 6.61 Å². The predicted octanol–water partition coefficient (Wildman–Crippen LogP) is 5.08. The molecule has 1 aliphatic rings. The van der Waals surface area contributed by atoms with Crippen LogP contribution in [-0.2, 0) is 4.79 Å². The van der Waals surface area contributed by atoms with Crippen LogP contribution in [0, 0.1) is 0 Å². The van der Waals surface area contributed by atoms with Crippen LogP contribution in [0.4, 0.5) is 18.9 Å². The first kappa shape index (κ1) is 20.7. The van der Waals surface area contributed by atoms with Crippen LogP contribution in [0.1, 0.15) is 6.92 Å². The van der Waals surface area contributed by atoms with Crippen LogP contribution in [0.15, 0.2) is 60.5 Å². The van der Waals surface area contributed by atoms with Crippen molar-refractivity contribution in [2.75, 3.05) is 11.5 Å². The number of ether oxygens (including phenoxy) is 1. The van der Waals surface area contributed by atoms with Crippen molar-refractivity contribution in [3.63, 3.8) is 0 Å². The lowest BCUT2D eigenvalue weighted by Crippen LogP contribution is -2.30. The van der Waals surface area contributed by atoms with Gasteiger partial charge in [-0.25, -0.2) is 9.78 Å². The lowest BCUT2D eigenvalue weighted by Gasteiger charge is -2.29. The second-order valence-corrected chi connectivity index (χ2v) is 6.79. The third-order valence-corrected chi connectivity index (χ3v) is 4.43. The molecule has 1 aromatic carbocycles. The number of benzene rings is 1. The summed E-state index contributed by atoms with van der Waals surface area (Å²) in [7, 11) is 0. The van der Waals surface area contributed by atoms with Crippen molar-refractivity contribution in [3.8, 4) is 17.0 Å². The second-order valence-electron chi connectivity index (χ2n) is 6.35. The third kappa shape index (κ3) is 5.08. The minimum atomic E-state index is -4.51. The first-order valence-corrected chi connectivity index (χ1v) is 8.89. The Labute approximate surface area is 169 Å². The molecule has 2 heterocycles. The lowest BCUT2D eigenvalue weighted by atomic mass is 10.0. The van der Waals surface area contributed by atoms with Crippen molar-refractivity contribution >= 4 is 23.3 Å². The number of carboxylic acid groups (broad SMARTS) is 1. The van der Waals surface area contributed by atoms with E-state index in [0.29, 0.717) is 21.8 Å². The summed E-state index contributed by atoms with van der Waals surface area (Å²) in [6, 6.07) is 7.91. The van der Waals surface area contributed by atoms with Gasteiger partial charge in [0.2, 0.25) is 5.88 Å². The highest BCUT2D eigenvalue weighted by molar-refractivity contribution is 6.30. The monoisotopic (exact) mass is 424 g/mol. The number of alkyl halides is 3. The highest BCUT2D eigenvalue weighted by atomic mass is 35.5. The quantitative estimate of drug-likeness (QED) is 0.725. The maximum atomic E-state index is 12.6. The zero-order chi connectivity index (χ0) is 21.2. The van der Waals surface area contributed by atoms with Crippen molar-refractivity contribution in [2.24, 2.45) is 0 Å². The fourth-order valence-electron chi connectivity index (χ4n) is 2.77. The van der Waals surface area contributed by atoms with E-state index in [4.69, 9.17) is 16.3 Å². The predicted molar refractivity (Wildman–Crippen MR) is 103 cm³/mol. The SMILES string of the molecule is CC1C=CC(C(=O)O)=CN1c1cnc(OCC(F)(F)F)c(-c2ccc(Cl)cc2)c1. The third-order valence-electron chi connectivity index (χ3n) is 4.18. The van der Waals surface area contributed by atoms with Gasteiger partial charge in [0.1, 0.15) is 0 Å². The van der Waals surface area contributed by atoms with Crippen LogP contribution >= 0.6 is 11.6 Å². The zero-order valence-corrected chi connectivity index (χ0v) is 15.9. The van der Waals surface area contributed by atoms with Gasteiger partial charge in [-0.3, -0.25) is 0 Å². The summed E-state index contributed by atoms with van der Waals surface area (Å²) in [5.41, 5.74) is 1.47. The molecule has 1 aliphatic heterocycles. The number of hydrogen-bond acceptors (Lipinski definition) is 4. The molecule has 29 heavy (non-hydrogen) atoms. The Morgan fingerprint density at radius 1 is 1.31 bits per heavy atom. The van der Waals surface area contributed by atoms with E-state index < -0.39 is 18.8 Å². The van der Waals surface area contributed by atoms with E-state index in [2.05, 4.69) is 4.98 Å². The van der Waals surface area contributed by atoms with Crippen molar-refractivity contribution < 1.29 is 27.8 Å². The van der Waals surface area contributed by atoms with E-state index in [-0.39, 0.29) is 17.5 Å². The smallest absolute Gasteiger partial charge is 0.422 e. The fraction of sp³-hybridized carbons (Fsp3) is 0.200. The van der Waals surface area contributed by atoms with Crippen molar-refractivity contribution in [3.05, 3.63) is 65.5 Å². The van der Waals surface area contributed by atoms with E-state index in [9.17, 15) is 23.1 Å². The van der Waals surface area contributed by atoms with Gasteiger partial charge in [-0.2, -0.15) is 13.2 Å². The average Bonchev–Trinajstić information content (AvgIpc) is 2.66. The van der Waals surface area contributed by atoms with Crippen molar-refractivity contribution in [1.29, 1.82) is 0 Å². The number of pyridine rings is 1. The molecule has 1 aromatic heterocycles. The highest BCUT2D eigenvalue weighted by Crippen LogP contribution is 2.35. The number of carboxylic acids is 1. The first-order valence-electron chi connectivity index (χ1n) is 8.51. The Bertz CT molecular complexity index is 972. The molecule has 2 aromatic rings. The average molecular weight is 425 g/mol. The normalized spacial score (nSPS) is 16.5. The molecule has 0 bridgehead atoms. The number of anilines is 1. The van der Waals surface area contributed by atoms with Crippen LogP contribution in [0.5, 0.6) is 5.88 Å². The first-order chi connectivity index (χ1) is 13.6. The summed E-state index contributed by atoms with van der Waals surface area (Å²) in [5.74, 6) is -1.27. The molecule has 5 nitrogen and oxygen atoms in total. The topological polar surface area (TPSA) is 62.7 Å². The van der Waals surface area contributed by atoms with Crippen LogP contribution in [0.3, 0.4) is 0 Å². The van der Waals surface area contributed by atoms with Crippen molar-refractivity contribution in [1.82, 2.24) is 4.98 Å². The van der Waals surface area contributed by atoms with Crippen LogP contribution in [0.25, 0.3) is 11.1 Å². The van der Waals surface area contributed by atoms with Gasteiger partial charge in [-0.1, -0.05) is 29.8 Å². The fourth-order valence-corrected chi connectivity index (χ4v) is 2.89. The molecule has 0 aliphatic carbocycles. The molecule has 1 unspecified atom stereocenters. The van der Waals surface area contributed by atoms with E-state index in [0.717, 1.165) is 0 Å². The van der Waals surface area contributed by atoms with E-state index in [1.807, 2.05) is 6.92 Å². The number of nitrogens with zero attached hydrogens (tertiary/aromatic N) is 2. The molecule has 0 amide bonds. The summed E-state index contributed by atoms with van der Waals surface area (Å²) in [6.45, 7) is 0.369. The Kier molecular flexibility index (Phi) is 5.83. The molecule has 0 spiro atoms. The molecule has 0 radical (unpaired) electrons. The number of carbonyl (C=O) groups is 1. The van der Waals surface area contributed by atoms with Gasteiger partial charge < -0.3 is 14.7 Å². The molecular weight excluding hydrogens is 409 g/mol. The van der Waals surface area contributed by atoms with Crippen LogP contribution in [0.2, 0.25) is 5.02 Å². The lowest BCUT2D eigenvalue weighted by molar-refractivity contribution is -0.154. The van der Waals surface area contributed by atoms with Crippen molar-refractivity contribution in [2.45, 2.75) is 19.1 Å². The Hall–Kier alpha value is -3.00. The van der Waals surface area contributed by atoms with Gasteiger partial charge in [0.25, 0.3) is 0 Å². The Morgan fingerprint density at radius 2 is 2.00 bits per heavy atom. The summed E-state index contributed by atoms with van der Waals surface area (Å²) in [4.78, 5) is 17.0. The maximum absolute atomic E-state index is 12.6. The summed E-state index contributed by atoms with van der Waals surface area (Å²) in [6.07, 6.45) is 1.49. The number of hydrogen-bond donors (Lipinski definition) is 1. The molecule has 0 fully saturated rings. The molecule has 9 heteroatoms. The Morgan fingerprint density at radius 3 is 2.62 bits per heavy atom. The number of aromatic nitrogens is 1. The number of aliphatic carboxylic acids is 1. The van der Waals surface area contributed by atoms with E-state index in [1.165, 1.54) is 18.5 Å². The minimum Gasteiger partial charge on any atom is -0.478 e. The zero-order valence-electron chi connectivity index (χ0n) is 15.2. The van der Waals surface area contributed by atoms with Gasteiger partial charge in [0, 0.05) is 22.8 Å². The molecule has 3 rings (SSSR count). The second kappa shape index (κ2) is 8.16. The van der Waals surface area contributed by atoms with Gasteiger partial charge >= 0.3 is 12.1 Å². The summed E-state index contributed by atoms with van der Waals surface area (Å²) < 4.78 is 42.8. The number of rotatable bonds is 5. The number of halogens is 4. The minimum absolute atomic E-state index is 0.0774. The standard InChI is InChI=1S/C20H16ClF3N2O3/c1-12-2-3-14(19(27)28)10-26(12)16-8-17(13-4-6-15(21)7-5-13)18(25-9-16)29-11-20(22,23)24/h2-10,12H,11H2,1H3,(H,27,28). The Balaban J connectivity index is 2.04. The van der Waals surface area contributed by atoms with Crippen LogP contribution in [-0.4, -0.2) is 34.9 Å². The maximum Gasteiger partial charge on any atom is 0.422 e.